The molecule has 24 nitrogen and oxygen atoms in total. The molecule has 0 aromatic rings. The zero-order valence-electron chi connectivity index (χ0n) is 49.0. The average molecular weight is 1220 g/mol. The van der Waals surface area contributed by atoms with Gasteiger partial charge in [-0.25, -0.2) is 33.6 Å². The molecule has 12 aliphatic rings. The Balaban J connectivity index is 0.000000178. The lowest BCUT2D eigenvalue weighted by atomic mass is 9.89. The van der Waals surface area contributed by atoms with Crippen molar-refractivity contribution in [2.45, 2.75) is 161 Å². The summed E-state index contributed by atoms with van der Waals surface area (Å²) >= 11 is 4.72. The normalized spacial score (nSPS) is 30.2. The number of amides is 6. The van der Waals surface area contributed by atoms with Gasteiger partial charge >= 0.3 is 42.0 Å². The first-order valence-electron chi connectivity index (χ1n) is 29.9. The number of fused-ring (bicyclic) bond motifs is 6. The van der Waals surface area contributed by atoms with Gasteiger partial charge in [-0.3, -0.25) is 14.6 Å². The Labute approximate surface area is 501 Å². The molecule has 0 radical (unpaired) electrons. The third-order valence-corrected chi connectivity index (χ3v) is 18.4. The number of nitrogens with zero attached hydrogens (tertiary/aromatic N) is 5. The molecule has 8 atom stereocenters. The second-order valence-corrected chi connectivity index (χ2v) is 25.5. The fourth-order valence-corrected chi connectivity index (χ4v) is 14.6. The van der Waals surface area contributed by atoms with Crippen molar-refractivity contribution in [2.75, 3.05) is 118 Å². The lowest BCUT2D eigenvalue weighted by molar-refractivity contribution is -0.120. The highest BCUT2D eigenvalue weighted by molar-refractivity contribution is 6.61. The maximum atomic E-state index is 12.5. The number of nitrogens with one attached hydrogen (secondary N) is 4. The van der Waals surface area contributed by atoms with E-state index in [0.29, 0.717) is 106 Å². The van der Waals surface area contributed by atoms with Gasteiger partial charge in [-0.05, 0) is 116 Å². The van der Waals surface area contributed by atoms with Gasteiger partial charge in [0.2, 0.25) is 0 Å². The van der Waals surface area contributed by atoms with Crippen LogP contribution in [0.3, 0.4) is 0 Å². The number of likely N-dealkylation sites (tertiary alicyclic amines) is 5. The van der Waals surface area contributed by atoms with Crippen LogP contribution in [0.5, 0.6) is 0 Å². The van der Waals surface area contributed by atoms with Crippen molar-refractivity contribution in [1.82, 2.24) is 45.8 Å². The smallest absolute Gasteiger partial charge is 0.410 e. The monoisotopic (exact) mass is 1220 g/mol. The van der Waals surface area contributed by atoms with E-state index >= 15 is 0 Å². The summed E-state index contributed by atoms with van der Waals surface area (Å²) in [6, 6.07) is 1.09. The predicted octanol–water partition coefficient (Wildman–Crippen LogP) is 6.98. The van der Waals surface area contributed by atoms with E-state index in [1.807, 2.05) is 37.5 Å². The van der Waals surface area contributed by atoms with Crippen LogP contribution in [0.2, 0.25) is 0 Å². The van der Waals surface area contributed by atoms with E-state index in [1.54, 1.807) is 18.7 Å². The lowest BCUT2D eigenvalue weighted by Gasteiger charge is -2.42. The zero-order chi connectivity index (χ0) is 58.1. The highest BCUT2D eigenvalue weighted by Gasteiger charge is 2.51. The summed E-state index contributed by atoms with van der Waals surface area (Å²) in [5.41, 5.74) is -1.93. The third kappa shape index (κ3) is 17.9. The van der Waals surface area contributed by atoms with Crippen molar-refractivity contribution >= 4 is 71.8 Å². The van der Waals surface area contributed by atoms with E-state index in [9.17, 15) is 38.4 Å². The first kappa shape index (κ1) is 67.3. The maximum Gasteiger partial charge on any atom is 0.410 e. The van der Waals surface area contributed by atoms with Crippen LogP contribution in [0.15, 0.2) is 0 Å². The number of ketones is 1. The minimum Gasteiger partial charge on any atom is -0.454 e. The zero-order valence-corrected chi connectivity index (χ0v) is 50.6. The Morgan fingerprint density at radius 3 is 1.31 bits per heavy atom. The highest BCUT2D eigenvalue weighted by atomic mass is 35.5. The van der Waals surface area contributed by atoms with Crippen LogP contribution in [-0.2, 0) is 38.0 Å². The van der Waals surface area contributed by atoms with Gasteiger partial charge in [0.25, 0.3) is 0 Å². The first-order valence-corrected chi connectivity index (χ1v) is 30.2. The van der Waals surface area contributed by atoms with Crippen LogP contribution < -0.4 is 21.3 Å². The standard InChI is InChI=1S/C19H31N3O4.C17H27N3O4.C10H15NO3.C7H12N2O2.C3H5ClO2.CH4.ClH/c1-18(2,3)26-17(24)22-10-13-8-14(11-22)15(9-13)21-6-4-19(5-7-21)12-20-16(23)25-19;1-2-23-16(22)20-9-12-7-13(10-20)14(8-12)19-5-3-17(4-6-19)11-18-15(21)24-17;1-2-14-10(13)11-5-7-3-8(6-11)9(12)4-7;10-6-9-5-7(11-6)1-3-8-4-2-7;1-2-6-3(4)5;;/h13-15H,4-12H2,1-3H3,(H,20,23);12-14H,2-11H2,1H3,(H,18,21);7-8H,2-6H2,1H3;8H,1-5H2,(H,9,10);2H2,1H3;1H4;1H. The molecule has 3 aliphatic carbocycles. The number of piperidine rings is 6. The van der Waals surface area contributed by atoms with E-state index in [-0.39, 0.29) is 79.1 Å². The van der Waals surface area contributed by atoms with Gasteiger partial charge in [0.05, 0.1) is 39.5 Å². The highest BCUT2D eigenvalue weighted by Crippen LogP contribution is 2.44. The molecule has 3 saturated carbocycles. The number of rotatable bonds is 5. The van der Waals surface area contributed by atoms with Crippen LogP contribution in [0.25, 0.3) is 0 Å². The van der Waals surface area contributed by atoms with E-state index in [2.05, 4.69) is 35.8 Å². The van der Waals surface area contributed by atoms with Crippen LogP contribution in [-0.4, -0.2) is 225 Å². The Morgan fingerprint density at radius 2 is 0.952 bits per heavy atom. The fraction of sp³-hybridized carbons (Fsp3) is 0.860. The number of hydrogen-bond donors (Lipinski definition) is 4. The molecular weight excluding hydrogens is 1120 g/mol. The van der Waals surface area contributed by atoms with Gasteiger partial charge in [0.15, 0.2) is 0 Å². The number of carbonyl (C=O) groups is 8. The maximum absolute atomic E-state index is 12.5. The van der Waals surface area contributed by atoms with Crippen LogP contribution in [0, 0.1) is 35.5 Å². The van der Waals surface area contributed by atoms with E-state index < -0.39 is 11.0 Å². The predicted molar refractivity (Wildman–Crippen MR) is 308 cm³/mol. The quantitative estimate of drug-likeness (QED) is 0.160. The second-order valence-electron chi connectivity index (χ2n) is 25.2. The van der Waals surface area contributed by atoms with Crippen molar-refractivity contribution in [3.8, 4) is 0 Å². The summed E-state index contributed by atoms with van der Waals surface area (Å²) in [6.07, 6.45) is 10.5. The molecule has 472 valence electrons. The molecule has 8 unspecified atom stereocenters. The molecule has 4 N–H and O–H groups in total. The SMILES string of the molecule is C.CC(C)(C)OC(=O)N1CC2CC(C1)C(N1CCC3(CC1)CNC(=O)O3)C2.CCOC(=O)Cl.CCOC(=O)N1CC2CC(=O)C(C2)C1.CCOC(=O)N1CC2CC(C1)C(N1CCC3(CC1)CNC(=O)O3)C2.Cl.O=C1NCC2(CCNCC2)O1. The minimum absolute atomic E-state index is 0. The Morgan fingerprint density at radius 1 is 0.554 bits per heavy atom. The second kappa shape index (κ2) is 29.5. The molecule has 12 fully saturated rings. The first-order chi connectivity index (χ1) is 38.6. The number of hydrogen-bond acceptors (Lipinski definition) is 18. The van der Waals surface area contributed by atoms with Crippen molar-refractivity contribution in [3.05, 3.63) is 0 Å². The Kier molecular flexibility index (Phi) is 24.0. The van der Waals surface area contributed by atoms with E-state index in [1.165, 1.54) is 19.3 Å². The Hall–Kier alpha value is -4.78. The molecule has 12 rings (SSSR count). The summed E-state index contributed by atoms with van der Waals surface area (Å²) in [4.78, 5) is 101. The van der Waals surface area contributed by atoms with Crippen molar-refractivity contribution in [3.63, 3.8) is 0 Å². The lowest BCUT2D eigenvalue weighted by Crippen LogP contribution is -2.52. The molecule has 6 bridgehead atoms. The largest absolute Gasteiger partial charge is 0.454 e. The van der Waals surface area contributed by atoms with Gasteiger partial charge in [0, 0.05) is 140 Å². The van der Waals surface area contributed by atoms with Crippen LogP contribution in [0.4, 0.5) is 33.6 Å². The molecule has 0 aromatic heterocycles. The summed E-state index contributed by atoms with van der Waals surface area (Å²) in [5, 5.41) is 11.5. The van der Waals surface area contributed by atoms with Crippen LogP contribution in [0.1, 0.15) is 126 Å². The van der Waals surface area contributed by atoms with E-state index in [0.717, 1.165) is 117 Å². The molecule has 9 heterocycles. The summed E-state index contributed by atoms with van der Waals surface area (Å²) < 4.78 is 36.1. The average Bonchev–Trinajstić information content (AvgIpc) is 4.47. The number of carbonyl (C=O) groups excluding carboxylic acids is 8. The van der Waals surface area contributed by atoms with Crippen molar-refractivity contribution < 1.29 is 71.5 Å². The van der Waals surface area contributed by atoms with Gasteiger partial charge in [-0.15, -0.1) is 12.4 Å². The number of alkyl carbamates (subject to hydrolysis) is 3. The van der Waals surface area contributed by atoms with Gasteiger partial charge < -0.3 is 69.1 Å². The topological polar surface area (TPSA) is 265 Å². The minimum atomic E-state index is -0.738. The molecule has 6 amide bonds. The summed E-state index contributed by atoms with van der Waals surface area (Å²) in [5.74, 6) is 3.03. The van der Waals surface area contributed by atoms with Gasteiger partial charge in [-0.2, -0.15) is 0 Å². The number of halogens is 2. The van der Waals surface area contributed by atoms with Crippen molar-refractivity contribution in [2.24, 2.45) is 35.5 Å². The molecule has 3 spiro atoms. The van der Waals surface area contributed by atoms with Gasteiger partial charge in [-0.1, -0.05) is 7.43 Å². The van der Waals surface area contributed by atoms with Crippen molar-refractivity contribution in [1.29, 1.82) is 0 Å². The Bertz CT molecular complexity index is 2240. The molecule has 0 aromatic carbocycles. The molecule has 9 aliphatic heterocycles. The third-order valence-electron chi connectivity index (χ3n) is 18.3. The van der Waals surface area contributed by atoms with E-state index in [4.69, 9.17) is 40.0 Å². The van der Waals surface area contributed by atoms with Gasteiger partial charge in [0.1, 0.15) is 28.2 Å². The number of Topliss-reactive ketones (excluding diaryl/α,β-unsaturated/α-hetero) is 1. The summed E-state index contributed by atoms with van der Waals surface area (Å²) in [7, 11) is 0. The fourth-order valence-electron chi connectivity index (χ4n) is 14.5. The molecule has 26 heteroatoms. The molecular formula is C57H95Cl2N9O15. The van der Waals surface area contributed by atoms with Crippen LogP contribution >= 0.6 is 24.0 Å². The molecule has 83 heavy (non-hydrogen) atoms. The summed E-state index contributed by atoms with van der Waals surface area (Å²) in [6.45, 7) is 24.6. The molecule has 9 saturated heterocycles. The number of ether oxygens (including phenoxy) is 7.